The van der Waals surface area contributed by atoms with E-state index in [0.717, 1.165) is 11.0 Å². The van der Waals surface area contributed by atoms with Crippen LogP contribution in [-0.2, 0) is 19.2 Å². The second-order valence-electron chi connectivity index (χ2n) is 4.44. The monoisotopic (exact) mass is 294 g/mol. The van der Waals surface area contributed by atoms with E-state index in [9.17, 15) is 23.6 Å². The van der Waals surface area contributed by atoms with E-state index in [2.05, 4.69) is 18.5 Å². The average Bonchev–Trinajstić information content (AvgIpc) is 2.42. The molecule has 1 heterocycles. The summed E-state index contributed by atoms with van der Waals surface area (Å²) in [6.45, 7) is 6.34. The zero-order chi connectivity index (χ0) is 16.2. The van der Waals surface area contributed by atoms with E-state index in [1.165, 1.54) is 7.05 Å². The first-order valence-electron chi connectivity index (χ1n) is 6.11. The zero-order valence-electron chi connectivity index (χ0n) is 11.5. The Morgan fingerprint density at radius 1 is 1.48 bits per heavy atom. The van der Waals surface area contributed by atoms with Crippen LogP contribution in [0.1, 0.15) is 12.8 Å². The first-order valence-corrected chi connectivity index (χ1v) is 6.11. The van der Waals surface area contributed by atoms with E-state index < -0.39 is 35.2 Å². The summed E-state index contributed by atoms with van der Waals surface area (Å²) >= 11 is 0. The van der Waals surface area contributed by atoms with Crippen LogP contribution in [0.3, 0.4) is 0 Å². The maximum atomic E-state index is 13.5. The topological polar surface area (TPSA) is 83.6 Å². The number of halogens is 1. The number of nitrogens with zero attached hydrogens (tertiary/aromatic N) is 1. The van der Waals surface area contributed by atoms with Crippen molar-refractivity contribution in [2.75, 3.05) is 7.05 Å². The minimum absolute atomic E-state index is 0.0750. The summed E-state index contributed by atoms with van der Waals surface area (Å²) < 4.78 is 13.5. The molecule has 0 aromatic heterocycles. The average molecular weight is 294 g/mol. The van der Waals surface area contributed by atoms with Crippen LogP contribution in [0, 0.1) is 0 Å². The highest BCUT2D eigenvalue weighted by molar-refractivity contribution is 6.07. The van der Waals surface area contributed by atoms with Gasteiger partial charge in [-0.3, -0.25) is 24.5 Å². The van der Waals surface area contributed by atoms with Gasteiger partial charge in [0.15, 0.2) is 6.29 Å². The molecule has 6 nitrogen and oxygen atoms in total. The number of carbonyl (C=O) groups is 4. The molecular weight excluding hydrogens is 279 g/mol. The number of allylic oxidation sites excluding steroid dienone is 2. The van der Waals surface area contributed by atoms with Gasteiger partial charge in [0.2, 0.25) is 11.8 Å². The van der Waals surface area contributed by atoms with Crippen LogP contribution in [0.4, 0.5) is 4.39 Å². The first-order chi connectivity index (χ1) is 9.83. The Labute approximate surface area is 121 Å². The fourth-order valence-corrected chi connectivity index (χ4v) is 1.97. The number of nitrogens with one attached hydrogen (secondary N) is 1. The zero-order valence-corrected chi connectivity index (χ0v) is 11.5. The molecule has 1 aliphatic heterocycles. The van der Waals surface area contributed by atoms with Crippen molar-refractivity contribution < 1.29 is 23.6 Å². The van der Waals surface area contributed by atoms with Crippen LogP contribution in [0.25, 0.3) is 0 Å². The van der Waals surface area contributed by atoms with Crippen molar-refractivity contribution in [3.63, 3.8) is 0 Å². The molecule has 3 amide bonds. The molecule has 1 unspecified atom stereocenters. The quantitative estimate of drug-likeness (QED) is 0.344. The highest BCUT2D eigenvalue weighted by Gasteiger charge is 2.34. The number of piperidine rings is 1. The Bertz CT molecular complexity index is 555. The molecule has 1 atom stereocenters. The Kier molecular flexibility index (Phi) is 5.29. The number of hydrogen-bond donors (Lipinski definition) is 1. The number of carbonyl (C=O) groups excluding carboxylic acids is 4. The van der Waals surface area contributed by atoms with Crippen LogP contribution in [0.5, 0.6) is 0 Å². The van der Waals surface area contributed by atoms with Crippen LogP contribution >= 0.6 is 0 Å². The third kappa shape index (κ3) is 3.50. The third-order valence-electron chi connectivity index (χ3n) is 3.12. The number of likely N-dealkylation sites (N-methyl/N-ethyl adjacent to an activating group) is 1. The molecule has 0 bridgehead atoms. The summed E-state index contributed by atoms with van der Waals surface area (Å²) in [6.07, 6.45) is 1.52. The Balaban J connectivity index is 3.10. The van der Waals surface area contributed by atoms with E-state index in [1.807, 2.05) is 0 Å². The summed E-state index contributed by atoms with van der Waals surface area (Å²) in [5.41, 5.74) is -0.807. The third-order valence-corrected chi connectivity index (χ3v) is 3.12. The SMILES string of the molecule is C=C/C(C=O)=C(\C(=C)F)C(=O)N(C)C1CCC(=O)NC1=O. The fourth-order valence-electron chi connectivity index (χ4n) is 1.97. The van der Waals surface area contributed by atoms with Crippen molar-refractivity contribution in [2.24, 2.45) is 0 Å². The summed E-state index contributed by atoms with van der Waals surface area (Å²) in [5.74, 6) is -3.04. The molecule has 1 rings (SSSR count). The summed E-state index contributed by atoms with van der Waals surface area (Å²) in [6, 6.07) is -0.915. The first kappa shape index (κ1) is 16.5. The highest BCUT2D eigenvalue weighted by Crippen LogP contribution is 2.20. The summed E-state index contributed by atoms with van der Waals surface area (Å²) in [4.78, 5) is 46.9. The van der Waals surface area contributed by atoms with Crippen LogP contribution < -0.4 is 5.32 Å². The normalized spacial score (nSPS) is 19.2. The molecule has 0 radical (unpaired) electrons. The lowest BCUT2D eigenvalue weighted by Gasteiger charge is -2.30. The maximum Gasteiger partial charge on any atom is 0.257 e. The number of amides is 3. The van der Waals surface area contributed by atoms with Gasteiger partial charge in [-0.25, -0.2) is 4.39 Å². The van der Waals surface area contributed by atoms with Gasteiger partial charge in [0.25, 0.3) is 5.91 Å². The van der Waals surface area contributed by atoms with Gasteiger partial charge in [0, 0.05) is 19.0 Å². The predicted molar refractivity (Wildman–Crippen MR) is 72.5 cm³/mol. The molecule has 21 heavy (non-hydrogen) atoms. The second-order valence-corrected chi connectivity index (χ2v) is 4.44. The van der Waals surface area contributed by atoms with Gasteiger partial charge in [-0.1, -0.05) is 19.2 Å². The van der Waals surface area contributed by atoms with E-state index in [-0.39, 0.29) is 24.7 Å². The summed E-state index contributed by atoms with van der Waals surface area (Å²) in [7, 11) is 1.29. The predicted octanol–water partition coefficient (Wildman–Crippen LogP) is 0.415. The van der Waals surface area contributed by atoms with E-state index in [0.29, 0.717) is 0 Å². The van der Waals surface area contributed by atoms with Gasteiger partial charge in [-0.15, -0.1) is 0 Å². The maximum absolute atomic E-state index is 13.5. The van der Waals surface area contributed by atoms with Crippen molar-refractivity contribution in [3.8, 4) is 0 Å². The fraction of sp³-hybridized carbons (Fsp3) is 0.286. The lowest BCUT2D eigenvalue weighted by Crippen LogP contribution is -2.53. The Morgan fingerprint density at radius 3 is 2.52 bits per heavy atom. The number of aldehydes is 1. The van der Waals surface area contributed by atoms with Gasteiger partial charge in [0.1, 0.15) is 11.9 Å². The van der Waals surface area contributed by atoms with E-state index >= 15 is 0 Å². The van der Waals surface area contributed by atoms with Gasteiger partial charge in [-0.2, -0.15) is 0 Å². The minimum atomic E-state index is -1.10. The van der Waals surface area contributed by atoms with E-state index in [4.69, 9.17) is 0 Å². The molecule has 1 saturated heterocycles. The molecule has 1 fully saturated rings. The van der Waals surface area contributed by atoms with Gasteiger partial charge in [0.05, 0.1) is 5.57 Å². The van der Waals surface area contributed by atoms with Crippen molar-refractivity contribution >= 4 is 24.0 Å². The molecule has 0 aliphatic carbocycles. The molecule has 7 heteroatoms. The van der Waals surface area contributed by atoms with Gasteiger partial charge >= 0.3 is 0 Å². The number of rotatable bonds is 5. The molecule has 0 aromatic carbocycles. The molecule has 1 aliphatic rings. The standard InChI is InChI=1S/C14H15FN2O4/c1-4-9(7-18)12(8(2)15)14(21)17(3)10-5-6-11(19)16-13(10)20/h4,7,10H,1-2,5-6H2,3H3,(H,16,19,20)/b12-9-. The van der Waals surface area contributed by atoms with Crippen molar-refractivity contribution in [3.05, 3.63) is 36.2 Å². The van der Waals surface area contributed by atoms with Crippen LogP contribution in [0.2, 0.25) is 0 Å². The molecule has 1 N–H and O–H groups in total. The molecule has 112 valence electrons. The molecule has 0 saturated carbocycles. The van der Waals surface area contributed by atoms with Crippen LogP contribution in [0.15, 0.2) is 36.2 Å². The number of imide groups is 1. The summed E-state index contributed by atoms with van der Waals surface area (Å²) in [5, 5.41) is 2.10. The largest absolute Gasteiger partial charge is 0.330 e. The van der Waals surface area contributed by atoms with Gasteiger partial charge in [-0.05, 0) is 6.42 Å². The van der Waals surface area contributed by atoms with Crippen molar-refractivity contribution in [1.29, 1.82) is 0 Å². The lowest BCUT2D eigenvalue weighted by molar-refractivity contribution is -0.142. The van der Waals surface area contributed by atoms with Crippen LogP contribution in [-0.4, -0.2) is 42.0 Å². The molecular formula is C14H15FN2O4. The molecule has 0 aromatic rings. The number of hydrogen-bond acceptors (Lipinski definition) is 4. The van der Waals surface area contributed by atoms with E-state index in [1.54, 1.807) is 0 Å². The molecule has 0 spiro atoms. The minimum Gasteiger partial charge on any atom is -0.330 e. The Hall–Kier alpha value is -2.57. The van der Waals surface area contributed by atoms with Crippen molar-refractivity contribution in [1.82, 2.24) is 10.2 Å². The smallest absolute Gasteiger partial charge is 0.257 e. The van der Waals surface area contributed by atoms with Crippen molar-refractivity contribution in [2.45, 2.75) is 18.9 Å². The second kappa shape index (κ2) is 6.74. The lowest BCUT2D eigenvalue weighted by atomic mass is 10.0. The highest BCUT2D eigenvalue weighted by atomic mass is 19.1. The Morgan fingerprint density at radius 2 is 2.10 bits per heavy atom. The van der Waals surface area contributed by atoms with Gasteiger partial charge < -0.3 is 4.90 Å².